The van der Waals surface area contributed by atoms with Crippen molar-refractivity contribution >= 4 is 33.3 Å². The molecule has 4 aromatic rings. The number of alkyl halides is 3. The number of carboxylic acid groups (broad SMARTS) is 1. The Hall–Kier alpha value is -3.75. The molecule has 0 saturated heterocycles. The van der Waals surface area contributed by atoms with E-state index in [0.29, 0.717) is 10.6 Å². The Balaban J connectivity index is 1.43. The van der Waals surface area contributed by atoms with Crippen molar-refractivity contribution in [2.24, 2.45) is 0 Å². The molecular weight excluding hydrogens is 503 g/mol. The fourth-order valence-corrected chi connectivity index (χ4v) is 5.05. The number of hydrogen-bond acceptors (Lipinski definition) is 10. The van der Waals surface area contributed by atoms with Gasteiger partial charge in [-0.1, -0.05) is 13.3 Å². The molecule has 5 heterocycles. The molecule has 0 radical (unpaired) electrons. The van der Waals surface area contributed by atoms with Crippen LogP contribution in [0.15, 0.2) is 16.7 Å². The molecule has 1 aliphatic heterocycles. The molecule has 15 heteroatoms. The van der Waals surface area contributed by atoms with Gasteiger partial charge in [-0.2, -0.15) is 23.1 Å². The summed E-state index contributed by atoms with van der Waals surface area (Å²) in [5.41, 5.74) is 0.260. The molecule has 0 aromatic carbocycles. The first-order valence-electron chi connectivity index (χ1n) is 11.0. The predicted octanol–water partition coefficient (Wildman–Crippen LogP) is 3.47. The Morgan fingerprint density at radius 2 is 2.08 bits per heavy atom. The van der Waals surface area contributed by atoms with Crippen molar-refractivity contribution in [1.82, 2.24) is 29.7 Å². The van der Waals surface area contributed by atoms with Crippen molar-refractivity contribution in [3.63, 3.8) is 0 Å². The molecule has 1 N–H and O–H groups in total. The summed E-state index contributed by atoms with van der Waals surface area (Å²) in [5.74, 6) is -1.16. The van der Waals surface area contributed by atoms with E-state index in [1.807, 2.05) is 11.0 Å². The minimum atomic E-state index is -4.58. The van der Waals surface area contributed by atoms with Gasteiger partial charge < -0.3 is 23.7 Å². The molecule has 0 atom stereocenters. The number of fused-ring (bicyclic) bond motifs is 2. The molecule has 1 aliphatic rings. The average molecular weight is 523 g/mol. The predicted molar refractivity (Wildman–Crippen MR) is 120 cm³/mol. The van der Waals surface area contributed by atoms with Crippen LogP contribution in [-0.4, -0.2) is 47.3 Å². The van der Waals surface area contributed by atoms with Crippen molar-refractivity contribution in [3.05, 3.63) is 40.4 Å². The zero-order chi connectivity index (χ0) is 25.4. The number of ether oxygens (including phenoxy) is 1. The number of aryl methyl sites for hydroxylation is 1. The minimum Gasteiger partial charge on any atom is -0.481 e. The normalized spacial score (nSPS) is 13.8. The lowest BCUT2D eigenvalue weighted by atomic mass is 10.2. The van der Waals surface area contributed by atoms with Gasteiger partial charge in [0.05, 0.1) is 24.0 Å². The number of carboxylic acids is 1. The Labute approximate surface area is 205 Å². The largest absolute Gasteiger partial charge is 0.481 e. The van der Waals surface area contributed by atoms with Crippen LogP contribution < -0.4 is 9.64 Å². The van der Waals surface area contributed by atoms with Crippen molar-refractivity contribution in [2.75, 3.05) is 11.4 Å². The zero-order valence-electron chi connectivity index (χ0n) is 18.9. The highest BCUT2D eigenvalue weighted by Crippen LogP contribution is 2.36. The highest BCUT2D eigenvalue weighted by molar-refractivity contribution is 7.18. The van der Waals surface area contributed by atoms with Gasteiger partial charge in [-0.05, 0) is 12.5 Å². The summed E-state index contributed by atoms with van der Waals surface area (Å²) in [6.07, 6.45) is -1.82. The van der Waals surface area contributed by atoms with Gasteiger partial charge in [0.25, 0.3) is 0 Å². The lowest BCUT2D eigenvalue weighted by molar-refractivity contribution is -0.147. The highest BCUT2D eigenvalue weighted by Gasteiger charge is 2.39. The molecule has 5 rings (SSSR count). The molecule has 190 valence electrons. The first-order valence-corrected chi connectivity index (χ1v) is 11.9. The maximum Gasteiger partial charge on any atom is 0.451 e. The average Bonchev–Trinajstić information content (AvgIpc) is 3.54. The summed E-state index contributed by atoms with van der Waals surface area (Å²) in [6.45, 7) is 2.34. The Kier molecular flexibility index (Phi) is 6.24. The van der Waals surface area contributed by atoms with Crippen LogP contribution in [-0.2, 0) is 43.5 Å². The van der Waals surface area contributed by atoms with Gasteiger partial charge in [-0.15, -0.1) is 21.5 Å². The van der Waals surface area contributed by atoms with E-state index in [2.05, 4.69) is 32.1 Å². The number of nitrogens with zero attached hydrogens (tertiary/aromatic N) is 7. The number of anilines is 1. The molecule has 0 unspecified atom stereocenters. The summed E-state index contributed by atoms with van der Waals surface area (Å²) >= 11 is 1.50. The second-order valence-electron chi connectivity index (χ2n) is 8.11. The number of aliphatic carboxylic acids is 1. The smallest absolute Gasteiger partial charge is 0.451 e. The van der Waals surface area contributed by atoms with E-state index < -0.39 is 18.0 Å². The van der Waals surface area contributed by atoms with Crippen molar-refractivity contribution < 1.29 is 32.2 Å². The second-order valence-corrected chi connectivity index (χ2v) is 9.23. The van der Waals surface area contributed by atoms with Crippen LogP contribution in [0.2, 0.25) is 0 Å². The highest BCUT2D eigenvalue weighted by atomic mass is 32.1. The van der Waals surface area contributed by atoms with E-state index >= 15 is 0 Å². The van der Waals surface area contributed by atoms with Crippen LogP contribution >= 0.6 is 11.3 Å². The molecule has 11 nitrogen and oxygen atoms in total. The van der Waals surface area contributed by atoms with E-state index in [1.54, 1.807) is 0 Å². The van der Waals surface area contributed by atoms with E-state index in [1.165, 1.54) is 17.6 Å². The molecule has 0 fully saturated rings. The Morgan fingerprint density at radius 1 is 1.25 bits per heavy atom. The standard InChI is InChI=1S/C21H20F3N7O4S/c1-2-3-12-7-13-17(30-4-5-31-14(8-30)28-29-19(31)21(22,23)24)26-20(27-18(13)36-12)35-10-15-25-11(9-34-15)6-16(32)33/h7,9H,2-6,8,10H2,1H3,(H,32,33). The number of aromatic nitrogens is 6. The van der Waals surface area contributed by atoms with Gasteiger partial charge in [0.1, 0.15) is 16.9 Å². The Bertz CT molecular complexity index is 1410. The number of carbonyl (C=O) groups is 1. The minimum absolute atomic E-state index is 0.0448. The van der Waals surface area contributed by atoms with Gasteiger partial charge in [-0.25, -0.2) is 4.98 Å². The first-order chi connectivity index (χ1) is 17.2. The first kappa shape index (κ1) is 24.0. The fraction of sp³-hybridized carbons (Fsp3) is 0.429. The molecule has 0 saturated carbocycles. The van der Waals surface area contributed by atoms with Crippen LogP contribution in [0.25, 0.3) is 10.2 Å². The third-order valence-corrected chi connectivity index (χ3v) is 6.55. The monoisotopic (exact) mass is 523 g/mol. The number of hydrogen-bond donors (Lipinski definition) is 1. The third kappa shape index (κ3) is 4.82. The number of oxazole rings is 1. The van der Waals surface area contributed by atoms with Crippen LogP contribution in [0.1, 0.15) is 41.5 Å². The van der Waals surface area contributed by atoms with E-state index in [4.69, 9.17) is 14.3 Å². The molecule has 4 aromatic heterocycles. The summed E-state index contributed by atoms with van der Waals surface area (Å²) in [4.78, 5) is 27.6. The van der Waals surface area contributed by atoms with E-state index in [0.717, 1.165) is 27.7 Å². The molecule has 0 amide bonds. The molecule has 0 spiro atoms. The van der Waals surface area contributed by atoms with Crippen LogP contribution in [0.5, 0.6) is 6.01 Å². The molecular formula is C21H20F3N7O4S. The van der Waals surface area contributed by atoms with E-state index in [-0.39, 0.29) is 56.1 Å². The number of thiophene rings is 1. The van der Waals surface area contributed by atoms with E-state index in [9.17, 15) is 18.0 Å². The topological polar surface area (TPSA) is 132 Å². The molecule has 36 heavy (non-hydrogen) atoms. The maximum atomic E-state index is 13.2. The summed E-state index contributed by atoms with van der Waals surface area (Å²) < 4.78 is 51.8. The quantitative estimate of drug-likeness (QED) is 0.366. The van der Waals surface area contributed by atoms with Gasteiger partial charge in [0, 0.05) is 18.0 Å². The van der Waals surface area contributed by atoms with Gasteiger partial charge in [0.15, 0.2) is 12.4 Å². The Morgan fingerprint density at radius 3 is 2.83 bits per heavy atom. The van der Waals surface area contributed by atoms with Gasteiger partial charge >= 0.3 is 18.2 Å². The lowest BCUT2D eigenvalue weighted by Crippen LogP contribution is -2.36. The van der Waals surface area contributed by atoms with Gasteiger partial charge in [-0.3, -0.25) is 4.79 Å². The summed E-state index contributed by atoms with van der Waals surface area (Å²) in [7, 11) is 0. The van der Waals surface area contributed by atoms with Gasteiger partial charge in [0.2, 0.25) is 11.7 Å². The third-order valence-electron chi connectivity index (χ3n) is 5.46. The second kappa shape index (κ2) is 9.37. The zero-order valence-corrected chi connectivity index (χ0v) is 19.8. The fourth-order valence-electron chi connectivity index (χ4n) is 3.94. The lowest BCUT2D eigenvalue weighted by Gasteiger charge is -2.29. The van der Waals surface area contributed by atoms with Crippen molar-refractivity contribution in [1.29, 1.82) is 0 Å². The molecule has 0 bridgehead atoms. The van der Waals surface area contributed by atoms with Crippen LogP contribution in [0.3, 0.4) is 0 Å². The summed E-state index contributed by atoms with van der Waals surface area (Å²) in [5, 5.41) is 16.7. The number of halogens is 3. The van der Waals surface area contributed by atoms with Crippen molar-refractivity contribution in [3.8, 4) is 6.01 Å². The summed E-state index contributed by atoms with van der Waals surface area (Å²) in [6, 6.07) is 2.04. The molecule has 0 aliphatic carbocycles. The van der Waals surface area contributed by atoms with Crippen LogP contribution in [0.4, 0.5) is 19.0 Å². The maximum absolute atomic E-state index is 13.2. The number of rotatable bonds is 8. The van der Waals surface area contributed by atoms with Crippen molar-refractivity contribution in [2.45, 2.75) is 52.1 Å². The SMILES string of the molecule is CCCc1cc2c(N3CCn4c(nnc4C(F)(F)F)C3)nc(OCc3nc(CC(=O)O)co3)nc2s1. The van der Waals surface area contributed by atoms with Crippen LogP contribution in [0, 0.1) is 0 Å².